The number of nitrogens with one attached hydrogen (secondary N) is 1. The Morgan fingerprint density at radius 1 is 1.09 bits per heavy atom. The number of amides is 4. The number of hydrogen-bond donors (Lipinski definition) is 1. The van der Waals surface area contributed by atoms with E-state index in [0.717, 1.165) is 4.90 Å². The second-order valence-electron chi connectivity index (χ2n) is 7.37. The third-order valence-electron chi connectivity index (χ3n) is 5.14. The Labute approximate surface area is 189 Å². The Morgan fingerprint density at radius 3 is 2.45 bits per heavy atom. The quantitative estimate of drug-likeness (QED) is 0.519. The number of ether oxygens (including phenoxy) is 1. The van der Waals surface area contributed by atoms with Crippen LogP contribution in [0, 0.1) is 5.82 Å². The number of imide groups is 1. The van der Waals surface area contributed by atoms with Gasteiger partial charge in [-0.05, 0) is 67.6 Å². The highest BCUT2D eigenvalue weighted by atomic mass is 19.1. The standard InChI is InChI=1S/C24H22FN3O5/c1-2-32-19-11-7-17(8-12-19)26-22(29)14-21-23(30)28(18-9-5-16(25)6-10-18)24(31)27(21)15-20-4-3-13-33-20/h3-13,21H,2,14-15H2,1H3,(H,26,29). The molecule has 0 aliphatic carbocycles. The molecule has 1 aliphatic rings. The van der Waals surface area contributed by atoms with Crippen LogP contribution in [0.2, 0.25) is 0 Å². The van der Waals surface area contributed by atoms with Gasteiger partial charge in [0.15, 0.2) is 0 Å². The monoisotopic (exact) mass is 451 g/mol. The van der Waals surface area contributed by atoms with Crippen molar-refractivity contribution in [3.63, 3.8) is 0 Å². The summed E-state index contributed by atoms with van der Waals surface area (Å²) in [5.74, 6) is -0.354. The van der Waals surface area contributed by atoms with E-state index in [1.54, 1.807) is 36.4 Å². The number of benzene rings is 2. The highest BCUT2D eigenvalue weighted by molar-refractivity contribution is 6.22. The zero-order chi connectivity index (χ0) is 23.4. The summed E-state index contributed by atoms with van der Waals surface area (Å²) >= 11 is 0. The normalized spacial score (nSPS) is 15.8. The Balaban J connectivity index is 1.53. The highest BCUT2D eigenvalue weighted by Gasteiger charge is 2.47. The molecule has 33 heavy (non-hydrogen) atoms. The van der Waals surface area contributed by atoms with Crippen molar-refractivity contribution in [3.05, 3.63) is 78.5 Å². The van der Waals surface area contributed by atoms with E-state index < -0.39 is 29.7 Å². The number of carbonyl (C=O) groups is 3. The third kappa shape index (κ3) is 4.87. The molecule has 1 fully saturated rings. The Hall–Kier alpha value is -4.14. The maximum absolute atomic E-state index is 13.3. The molecule has 170 valence electrons. The van der Waals surface area contributed by atoms with E-state index in [1.165, 1.54) is 35.4 Å². The average molecular weight is 451 g/mol. The molecule has 0 spiro atoms. The van der Waals surface area contributed by atoms with Crippen LogP contribution in [0.1, 0.15) is 19.1 Å². The molecule has 0 radical (unpaired) electrons. The van der Waals surface area contributed by atoms with Gasteiger partial charge in [0, 0.05) is 5.69 Å². The van der Waals surface area contributed by atoms with E-state index in [0.29, 0.717) is 23.8 Å². The lowest BCUT2D eigenvalue weighted by Gasteiger charge is -2.20. The zero-order valence-corrected chi connectivity index (χ0v) is 17.9. The first-order chi connectivity index (χ1) is 16.0. The summed E-state index contributed by atoms with van der Waals surface area (Å²) in [5, 5.41) is 2.74. The number of furan rings is 1. The van der Waals surface area contributed by atoms with Crippen molar-refractivity contribution < 1.29 is 27.9 Å². The van der Waals surface area contributed by atoms with Gasteiger partial charge in [0.05, 0.1) is 31.5 Å². The molecule has 1 unspecified atom stereocenters. The molecule has 1 atom stereocenters. The van der Waals surface area contributed by atoms with Crippen LogP contribution in [0.25, 0.3) is 0 Å². The van der Waals surface area contributed by atoms with Gasteiger partial charge < -0.3 is 19.4 Å². The first-order valence-electron chi connectivity index (χ1n) is 10.4. The van der Waals surface area contributed by atoms with Crippen LogP contribution in [0.3, 0.4) is 0 Å². The number of hydrogen-bond acceptors (Lipinski definition) is 5. The third-order valence-corrected chi connectivity index (χ3v) is 5.14. The first kappa shape index (κ1) is 22.1. The maximum atomic E-state index is 13.3. The van der Waals surface area contributed by atoms with E-state index >= 15 is 0 Å². The zero-order valence-electron chi connectivity index (χ0n) is 17.9. The summed E-state index contributed by atoms with van der Waals surface area (Å²) in [6.07, 6.45) is 1.21. The van der Waals surface area contributed by atoms with Gasteiger partial charge in [-0.25, -0.2) is 14.1 Å². The minimum atomic E-state index is -1.05. The first-order valence-corrected chi connectivity index (χ1v) is 10.4. The van der Waals surface area contributed by atoms with E-state index in [2.05, 4.69) is 5.32 Å². The Kier molecular flexibility index (Phi) is 6.39. The second-order valence-corrected chi connectivity index (χ2v) is 7.37. The van der Waals surface area contributed by atoms with E-state index in [1.807, 2.05) is 6.92 Å². The van der Waals surface area contributed by atoms with Crippen LogP contribution in [-0.4, -0.2) is 35.4 Å². The van der Waals surface area contributed by atoms with Gasteiger partial charge in [-0.1, -0.05) is 0 Å². The van der Waals surface area contributed by atoms with Gasteiger partial charge in [0.25, 0.3) is 5.91 Å². The molecule has 2 aromatic carbocycles. The molecule has 0 saturated carbocycles. The van der Waals surface area contributed by atoms with Gasteiger partial charge >= 0.3 is 6.03 Å². The lowest BCUT2D eigenvalue weighted by molar-refractivity contribution is -0.124. The molecule has 1 N–H and O–H groups in total. The van der Waals surface area contributed by atoms with Crippen LogP contribution < -0.4 is 15.0 Å². The average Bonchev–Trinajstić information content (AvgIpc) is 3.39. The molecule has 4 rings (SSSR count). The van der Waals surface area contributed by atoms with Crippen LogP contribution >= 0.6 is 0 Å². The smallest absolute Gasteiger partial charge is 0.332 e. The predicted octanol–water partition coefficient (Wildman–Crippen LogP) is 4.18. The molecule has 4 amide bonds. The van der Waals surface area contributed by atoms with E-state index in [-0.39, 0.29) is 18.7 Å². The summed E-state index contributed by atoms with van der Waals surface area (Å²) in [6, 6.07) is 13.5. The van der Waals surface area contributed by atoms with Gasteiger partial charge in [0.2, 0.25) is 5.91 Å². The van der Waals surface area contributed by atoms with Gasteiger partial charge in [-0.15, -0.1) is 0 Å². The SMILES string of the molecule is CCOc1ccc(NC(=O)CC2C(=O)N(c3ccc(F)cc3)C(=O)N2Cc2ccco2)cc1. The number of rotatable bonds is 8. The fraction of sp³-hybridized carbons (Fsp3) is 0.208. The van der Waals surface area contributed by atoms with Crippen molar-refractivity contribution in [2.75, 3.05) is 16.8 Å². The number of halogens is 1. The van der Waals surface area contributed by atoms with Crippen LogP contribution in [0.15, 0.2) is 71.3 Å². The van der Waals surface area contributed by atoms with Gasteiger partial charge in [0.1, 0.15) is 23.4 Å². The van der Waals surface area contributed by atoms with Crippen molar-refractivity contribution >= 4 is 29.2 Å². The van der Waals surface area contributed by atoms with E-state index in [4.69, 9.17) is 9.15 Å². The van der Waals surface area contributed by atoms with Crippen molar-refractivity contribution in [2.45, 2.75) is 25.9 Å². The predicted molar refractivity (Wildman–Crippen MR) is 118 cm³/mol. The molecule has 2 heterocycles. The molecule has 3 aromatic rings. The number of carbonyl (C=O) groups excluding carboxylic acids is 3. The molecule has 9 heteroatoms. The van der Waals surface area contributed by atoms with Crippen LogP contribution in [0.5, 0.6) is 5.75 Å². The summed E-state index contributed by atoms with van der Waals surface area (Å²) in [4.78, 5) is 41.3. The summed E-state index contributed by atoms with van der Waals surface area (Å²) in [6.45, 7) is 2.41. The fourth-order valence-corrected chi connectivity index (χ4v) is 3.60. The largest absolute Gasteiger partial charge is 0.494 e. The van der Waals surface area contributed by atoms with Crippen molar-refractivity contribution in [3.8, 4) is 5.75 Å². The van der Waals surface area contributed by atoms with Gasteiger partial charge in [-0.2, -0.15) is 0 Å². The van der Waals surface area contributed by atoms with Crippen LogP contribution in [0.4, 0.5) is 20.6 Å². The van der Waals surface area contributed by atoms with Crippen molar-refractivity contribution in [1.29, 1.82) is 0 Å². The molecular formula is C24H22FN3O5. The number of urea groups is 1. The Bertz CT molecular complexity index is 1130. The lowest BCUT2D eigenvalue weighted by Crippen LogP contribution is -2.37. The number of anilines is 2. The number of nitrogens with zero attached hydrogens (tertiary/aromatic N) is 2. The lowest BCUT2D eigenvalue weighted by atomic mass is 10.1. The molecule has 8 nitrogen and oxygen atoms in total. The Morgan fingerprint density at radius 2 is 1.82 bits per heavy atom. The van der Waals surface area contributed by atoms with Gasteiger partial charge in [-0.3, -0.25) is 9.59 Å². The minimum absolute atomic E-state index is 0.0102. The molecule has 1 saturated heterocycles. The minimum Gasteiger partial charge on any atom is -0.494 e. The molecule has 1 aromatic heterocycles. The topological polar surface area (TPSA) is 92.1 Å². The van der Waals surface area contributed by atoms with Crippen LogP contribution in [-0.2, 0) is 16.1 Å². The maximum Gasteiger partial charge on any atom is 0.332 e. The van der Waals surface area contributed by atoms with Crippen molar-refractivity contribution in [2.24, 2.45) is 0 Å². The second kappa shape index (κ2) is 9.56. The van der Waals surface area contributed by atoms with Crippen molar-refractivity contribution in [1.82, 2.24) is 4.90 Å². The highest BCUT2D eigenvalue weighted by Crippen LogP contribution is 2.29. The van der Waals surface area contributed by atoms with E-state index in [9.17, 15) is 18.8 Å². The fourth-order valence-electron chi connectivity index (χ4n) is 3.60. The summed E-state index contributed by atoms with van der Waals surface area (Å²) in [7, 11) is 0. The summed E-state index contributed by atoms with van der Waals surface area (Å²) in [5.41, 5.74) is 0.762. The molecule has 1 aliphatic heterocycles. The molecule has 0 bridgehead atoms. The molecular weight excluding hydrogens is 429 g/mol. The summed E-state index contributed by atoms with van der Waals surface area (Å²) < 4.78 is 24.1.